The Balaban J connectivity index is 2.52. The third-order valence-corrected chi connectivity index (χ3v) is 3.89. The van der Waals surface area contributed by atoms with Crippen LogP contribution in [0.4, 0.5) is 8.78 Å². The van der Waals surface area contributed by atoms with Gasteiger partial charge in [-0.1, -0.05) is 41.1 Å². The van der Waals surface area contributed by atoms with Crippen LogP contribution in [-0.4, -0.2) is 6.54 Å². The van der Waals surface area contributed by atoms with E-state index in [0.29, 0.717) is 23.2 Å². The van der Waals surface area contributed by atoms with Crippen molar-refractivity contribution in [3.63, 3.8) is 0 Å². The second-order valence-electron chi connectivity index (χ2n) is 5.03. The van der Waals surface area contributed by atoms with Crippen LogP contribution in [0.2, 0.25) is 0 Å². The third-order valence-electron chi connectivity index (χ3n) is 3.40. The molecule has 112 valence electrons. The Morgan fingerprint density at radius 3 is 2.62 bits per heavy atom. The van der Waals surface area contributed by atoms with Gasteiger partial charge in [-0.05, 0) is 43.7 Å². The van der Waals surface area contributed by atoms with E-state index in [2.05, 4.69) is 21.2 Å². The maximum absolute atomic E-state index is 14.4. The Labute approximate surface area is 132 Å². The number of aryl methyl sites for hydroxylation is 1. The minimum atomic E-state index is -0.498. The fourth-order valence-corrected chi connectivity index (χ4v) is 2.68. The van der Waals surface area contributed by atoms with Crippen LogP contribution < -0.4 is 5.32 Å². The van der Waals surface area contributed by atoms with E-state index in [1.165, 1.54) is 6.07 Å². The molecule has 1 nitrogen and oxygen atoms in total. The molecule has 4 heteroatoms. The molecule has 1 N–H and O–H groups in total. The van der Waals surface area contributed by atoms with E-state index in [1.54, 1.807) is 37.3 Å². The van der Waals surface area contributed by atoms with E-state index < -0.39 is 6.04 Å². The van der Waals surface area contributed by atoms with Gasteiger partial charge in [-0.25, -0.2) is 8.78 Å². The number of rotatable bonds is 5. The predicted molar refractivity (Wildman–Crippen MR) is 85.4 cm³/mol. The van der Waals surface area contributed by atoms with Crippen molar-refractivity contribution in [2.24, 2.45) is 0 Å². The van der Waals surface area contributed by atoms with E-state index in [-0.39, 0.29) is 11.6 Å². The van der Waals surface area contributed by atoms with Crippen molar-refractivity contribution in [2.75, 3.05) is 6.54 Å². The van der Waals surface area contributed by atoms with Crippen molar-refractivity contribution in [1.29, 1.82) is 0 Å². The van der Waals surface area contributed by atoms with Crippen molar-refractivity contribution in [3.8, 4) is 0 Å². The monoisotopic (exact) mass is 353 g/mol. The maximum atomic E-state index is 14.4. The first-order chi connectivity index (χ1) is 10.0. The molecule has 2 rings (SSSR count). The number of benzene rings is 2. The van der Waals surface area contributed by atoms with Crippen molar-refractivity contribution >= 4 is 15.9 Å². The minimum Gasteiger partial charge on any atom is -0.306 e. The lowest BCUT2D eigenvalue weighted by molar-refractivity contribution is 0.517. The number of hydrogen-bond donors (Lipinski definition) is 1. The average molecular weight is 354 g/mol. The molecule has 2 aromatic rings. The zero-order valence-corrected chi connectivity index (χ0v) is 13.7. The molecule has 0 radical (unpaired) electrons. The quantitative estimate of drug-likeness (QED) is 0.785. The highest BCUT2D eigenvalue weighted by atomic mass is 79.9. The van der Waals surface area contributed by atoms with Gasteiger partial charge in [0.2, 0.25) is 0 Å². The Bertz CT molecular complexity index is 626. The molecule has 0 aromatic heterocycles. The van der Waals surface area contributed by atoms with Crippen LogP contribution in [0.5, 0.6) is 0 Å². The minimum absolute atomic E-state index is 0.287. The lowest BCUT2D eigenvalue weighted by atomic mass is 9.96. The molecule has 0 aliphatic heterocycles. The molecule has 0 saturated carbocycles. The average Bonchev–Trinajstić information content (AvgIpc) is 2.47. The zero-order chi connectivity index (χ0) is 15.4. The molecule has 0 fully saturated rings. The van der Waals surface area contributed by atoms with Crippen molar-refractivity contribution in [3.05, 3.63) is 69.2 Å². The highest BCUT2D eigenvalue weighted by molar-refractivity contribution is 9.10. The summed E-state index contributed by atoms with van der Waals surface area (Å²) in [5.41, 5.74) is 1.48. The summed E-state index contributed by atoms with van der Waals surface area (Å²) in [5, 5.41) is 3.24. The van der Waals surface area contributed by atoms with Crippen molar-refractivity contribution in [1.82, 2.24) is 5.32 Å². The Hall–Kier alpha value is -1.26. The van der Waals surface area contributed by atoms with Crippen LogP contribution in [0.1, 0.15) is 36.1 Å². The van der Waals surface area contributed by atoms with Crippen molar-refractivity contribution < 1.29 is 8.78 Å². The lowest BCUT2D eigenvalue weighted by Crippen LogP contribution is -2.25. The highest BCUT2D eigenvalue weighted by Crippen LogP contribution is 2.29. The molecule has 0 saturated heterocycles. The molecular weight excluding hydrogens is 336 g/mol. The van der Waals surface area contributed by atoms with Crippen molar-refractivity contribution in [2.45, 2.75) is 26.3 Å². The van der Waals surface area contributed by atoms with E-state index in [4.69, 9.17) is 0 Å². The molecule has 0 heterocycles. The van der Waals surface area contributed by atoms with Crippen LogP contribution in [0.15, 0.2) is 40.9 Å². The van der Waals surface area contributed by atoms with Crippen LogP contribution in [-0.2, 0) is 0 Å². The summed E-state index contributed by atoms with van der Waals surface area (Å²) in [7, 11) is 0. The number of nitrogens with one attached hydrogen (secondary N) is 1. The molecule has 1 atom stereocenters. The van der Waals surface area contributed by atoms with Gasteiger partial charge in [0.15, 0.2) is 0 Å². The van der Waals surface area contributed by atoms with Gasteiger partial charge in [-0.2, -0.15) is 0 Å². The number of halogens is 3. The van der Waals surface area contributed by atoms with E-state index in [9.17, 15) is 8.78 Å². The smallest absolute Gasteiger partial charge is 0.131 e. The second kappa shape index (κ2) is 7.14. The summed E-state index contributed by atoms with van der Waals surface area (Å²) in [6.07, 6.45) is 0.888. The number of hydrogen-bond acceptors (Lipinski definition) is 1. The van der Waals surface area contributed by atoms with Gasteiger partial charge >= 0.3 is 0 Å². The van der Waals surface area contributed by atoms with Crippen LogP contribution in [0.3, 0.4) is 0 Å². The Morgan fingerprint density at radius 2 is 1.90 bits per heavy atom. The predicted octanol–water partition coefficient (Wildman–Crippen LogP) is 5.12. The molecule has 2 aromatic carbocycles. The lowest BCUT2D eigenvalue weighted by Gasteiger charge is -2.21. The third kappa shape index (κ3) is 3.69. The molecule has 0 amide bonds. The van der Waals surface area contributed by atoms with E-state index in [0.717, 1.165) is 10.9 Å². The summed E-state index contributed by atoms with van der Waals surface area (Å²) in [5.74, 6) is -0.627. The molecule has 1 unspecified atom stereocenters. The first-order valence-electron chi connectivity index (χ1n) is 6.98. The largest absolute Gasteiger partial charge is 0.306 e. The van der Waals surface area contributed by atoms with Gasteiger partial charge in [-0.3, -0.25) is 0 Å². The fourth-order valence-electron chi connectivity index (χ4n) is 2.31. The molecule has 21 heavy (non-hydrogen) atoms. The first-order valence-corrected chi connectivity index (χ1v) is 7.77. The summed E-state index contributed by atoms with van der Waals surface area (Å²) in [6, 6.07) is 9.45. The molecular formula is C17H18BrF2N. The maximum Gasteiger partial charge on any atom is 0.131 e. The van der Waals surface area contributed by atoms with Gasteiger partial charge in [-0.15, -0.1) is 0 Å². The summed E-state index contributed by atoms with van der Waals surface area (Å²) >= 11 is 3.35. The molecule has 0 aliphatic rings. The van der Waals surface area contributed by atoms with Gasteiger partial charge in [0.25, 0.3) is 0 Å². The highest BCUT2D eigenvalue weighted by Gasteiger charge is 2.21. The van der Waals surface area contributed by atoms with Gasteiger partial charge in [0.1, 0.15) is 11.6 Å². The van der Waals surface area contributed by atoms with E-state index >= 15 is 0 Å². The standard InChI is InChI=1S/C17H18BrF2N/c1-3-9-21-17(13-6-4-5-11(2)16(13)20)14-10-12(18)7-8-15(14)19/h4-8,10,17,21H,3,9H2,1-2H3. The van der Waals surface area contributed by atoms with E-state index in [1.807, 2.05) is 6.92 Å². The second-order valence-corrected chi connectivity index (χ2v) is 5.95. The van der Waals surface area contributed by atoms with Crippen LogP contribution in [0.25, 0.3) is 0 Å². The fraction of sp³-hybridized carbons (Fsp3) is 0.294. The molecule has 0 bridgehead atoms. The van der Waals surface area contributed by atoms with Gasteiger partial charge < -0.3 is 5.32 Å². The summed E-state index contributed by atoms with van der Waals surface area (Å²) in [6.45, 7) is 4.42. The first kappa shape index (κ1) is 16.1. The molecule has 0 spiro atoms. The van der Waals surface area contributed by atoms with Crippen LogP contribution >= 0.6 is 15.9 Å². The SMILES string of the molecule is CCCNC(c1cc(Br)ccc1F)c1cccc(C)c1F. The zero-order valence-electron chi connectivity index (χ0n) is 12.1. The van der Waals surface area contributed by atoms with Gasteiger partial charge in [0, 0.05) is 15.6 Å². The topological polar surface area (TPSA) is 12.0 Å². The summed E-state index contributed by atoms with van der Waals surface area (Å²) < 4.78 is 29.4. The molecule has 0 aliphatic carbocycles. The van der Waals surface area contributed by atoms with Gasteiger partial charge in [0.05, 0.1) is 6.04 Å². The summed E-state index contributed by atoms with van der Waals surface area (Å²) in [4.78, 5) is 0. The normalized spacial score (nSPS) is 12.4. The Kier molecular flexibility index (Phi) is 5.48. The van der Waals surface area contributed by atoms with Crippen LogP contribution in [0, 0.1) is 18.6 Å². The Morgan fingerprint density at radius 1 is 1.14 bits per heavy atom.